The number of hydrogen-bond acceptors (Lipinski definition) is 6. The monoisotopic (exact) mass is 380 g/mol. The number of nitrogens with one attached hydrogen (secondary N) is 1. The summed E-state index contributed by atoms with van der Waals surface area (Å²) in [5, 5.41) is 11.4. The van der Waals surface area contributed by atoms with E-state index in [0.29, 0.717) is 29.0 Å². The van der Waals surface area contributed by atoms with Gasteiger partial charge in [0, 0.05) is 17.7 Å². The molecule has 0 aliphatic carbocycles. The zero-order valence-corrected chi connectivity index (χ0v) is 15.6. The fraction of sp³-hybridized carbons (Fsp3) is 0.238. The number of carbonyl (C=O) groups excluding carboxylic acids is 3. The summed E-state index contributed by atoms with van der Waals surface area (Å²) in [6.07, 6.45) is -0.626. The van der Waals surface area contributed by atoms with Crippen LogP contribution < -0.4 is 10.1 Å². The van der Waals surface area contributed by atoms with E-state index in [2.05, 4.69) is 5.32 Å². The second kappa shape index (κ2) is 9.88. The van der Waals surface area contributed by atoms with E-state index >= 15 is 0 Å². The molecule has 0 aliphatic rings. The van der Waals surface area contributed by atoms with Crippen LogP contribution >= 0.6 is 0 Å². The fourth-order valence-corrected chi connectivity index (χ4v) is 2.28. The highest BCUT2D eigenvalue weighted by Gasteiger charge is 2.18. The Hall–Kier alpha value is -3.66. The van der Waals surface area contributed by atoms with Gasteiger partial charge >= 0.3 is 5.97 Å². The summed E-state index contributed by atoms with van der Waals surface area (Å²) in [5.74, 6) is -0.797. The van der Waals surface area contributed by atoms with Gasteiger partial charge in [-0.05, 0) is 49.4 Å². The lowest BCUT2D eigenvalue weighted by atomic mass is 10.1. The van der Waals surface area contributed by atoms with Crippen LogP contribution in [0.15, 0.2) is 48.5 Å². The van der Waals surface area contributed by atoms with E-state index in [1.165, 1.54) is 13.0 Å². The maximum absolute atomic E-state index is 12.1. The highest BCUT2D eigenvalue weighted by atomic mass is 16.6. The number of nitriles is 1. The Morgan fingerprint density at radius 1 is 1.14 bits per heavy atom. The molecule has 0 radical (unpaired) electrons. The summed E-state index contributed by atoms with van der Waals surface area (Å²) >= 11 is 0. The molecule has 0 unspecified atom stereocenters. The molecule has 0 heterocycles. The minimum atomic E-state index is -1.04. The maximum Gasteiger partial charge on any atom is 0.344 e. The highest BCUT2D eigenvalue weighted by Crippen LogP contribution is 2.14. The molecule has 2 aromatic carbocycles. The topological polar surface area (TPSA) is 105 Å². The van der Waals surface area contributed by atoms with Crippen molar-refractivity contribution in [2.75, 3.05) is 11.9 Å². The SMILES string of the molecule is CCC(=O)c1ccc(OCC(=O)O[C@H](C)C(=O)Nc2cccc(C#N)c2)cc1. The number of amides is 1. The zero-order chi connectivity index (χ0) is 20.5. The van der Waals surface area contributed by atoms with Crippen LogP contribution in [0.3, 0.4) is 0 Å². The molecule has 0 bridgehead atoms. The van der Waals surface area contributed by atoms with Crippen LogP contribution in [0.1, 0.15) is 36.2 Å². The summed E-state index contributed by atoms with van der Waals surface area (Å²) in [7, 11) is 0. The Morgan fingerprint density at radius 2 is 1.86 bits per heavy atom. The summed E-state index contributed by atoms with van der Waals surface area (Å²) in [6, 6.07) is 14.8. The van der Waals surface area contributed by atoms with E-state index in [-0.39, 0.29) is 12.4 Å². The van der Waals surface area contributed by atoms with Crippen molar-refractivity contribution < 1.29 is 23.9 Å². The normalized spacial score (nSPS) is 11.0. The van der Waals surface area contributed by atoms with E-state index in [4.69, 9.17) is 14.7 Å². The number of carbonyl (C=O) groups is 3. The second-order valence-electron chi connectivity index (χ2n) is 5.90. The van der Waals surface area contributed by atoms with E-state index in [1.54, 1.807) is 49.4 Å². The molecule has 0 saturated heterocycles. The third kappa shape index (κ3) is 5.95. The Morgan fingerprint density at radius 3 is 2.50 bits per heavy atom. The van der Waals surface area contributed by atoms with Crippen LogP contribution in [0.25, 0.3) is 0 Å². The van der Waals surface area contributed by atoms with Gasteiger partial charge in [0.25, 0.3) is 5.91 Å². The molecule has 1 atom stereocenters. The smallest absolute Gasteiger partial charge is 0.344 e. The number of hydrogen-bond donors (Lipinski definition) is 1. The first-order valence-corrected chi connectivity index (χ1v) is 8.69. The van der Waals surface area contributed by atoms with Gasteiger partial charge < -0.3 is 14.8 Å². The lowest BCUT2D eigenvalue weighted by Gasteiger charge is -2.14. The van der Waals surface area contributed by atoms with Crippen molar-refractivity contribution in [1.82, 2.24) is 0 Å². The zero-order valence-electron chi connectivity index (χ0n) is 15.6. The van der Waals surface area contributed by atoms with Crippen molar-refractivity contribution in [3.8, 4) is 11.8 Å². The van der Waals surface area contributed by atoms with Crippen LogP contribution in [0.5, 0.6) is 5.75 Å². The summed E-state index contributed by atoms with van der Waals surface area (Å²) in [6.45, 7) is 2.84. The average molecular weight is 380 g/mol. The molecule has 0 saturated carbocycles. The molecule has 7 nitrogen and oxygen atoms in total. The maximum atomic E-state index is 12.1. The number of benzene rings is 2. The lowest BCUT2D eigenvalue weighted by molar-refractivity contribution is -0.155. The Bertz CT molecular complexity index is 900. The van der Waals surface area contributed by atoms with Gasteiger partial charge in [-0.2, -0.15) is 5.26 Å². The first kappa shape index (κ1) is 20.6. The van der Waals surface area contributed by atoms with E-state index in [9.17, 15) is 14.4 Å². The first-order valence-electron chi connectivity index (χ1n) is 8.69. The molecule has 144 valence electrons. The summed E-state index contributed by atoms with van der Waals surface area (Å²) in [5.41, 5.74) is 1.41. The number of nitrogens with zero attached hydrogens (tertiary/aromatic N) is 1. The third-order valence-corrected chi connectivity index (χ3v) is 3.79. The molecule has 1 amide bonds. The standard InChI is InChI=1S/C21H20N2O5/c1-3-19(24)16-7-9-18(10-8-16)27-13-20(25)28-14(2)21(26)23-17-6-4-5-15(11-17)12-22/h4-11,14H,3,13H2,1-2H3,(H,23,26)/t14-/m1/s1. The van der Waals surface area contributed by atoms with Crippen molar-refractivity contribution in [2.24, 2.45) is 0 Å². The molecule has 2 aromatic rings. The van der Waals surface area contributed by atoms with Gasteiger partial charge in [-0.25, -0.2) is 4.79 Å². The van der Waals surface area contributed by atoms with E-state index in [1.807, 2.05) is 6.07 Å². The number of Topliss-reactive ketones (excluding diaryl/α,β-unsaturated/α-hetero) is 1. The van der Waals surface area contributed by atoms with Crippen molar-refractivity contribution in [2.45, 2.75) is 26.4 Å². The minimum Gasteiger partial charge on any atom is -0.482 e. The van der Waals surface area contributed by atoms with Crippen LogP contribution in [0, 0.1) is 11.3 Å². The third-order valence-electron chi connectivity index (χ3n) is 3.79. The van der Waals surface area contributed by atoms with Crippen LogP contribution in [0.4, 0.5) is 5.69 Å². The van der Waals surface area contributed by atoms with Crippen molar-refractivity contribution in [3.63, 3.8) is 0 Å². The van der Waals surface area contributed by atoms with Crippen molar-refractivity contribution in [1.29, 1.82) is 5.26 Å². The number of esters is 1. The Labute approximate surface area is 162 Å². The molecule has 1 N–H and O–H groups in total. The van der Waals surface area contributed by atoms with Crippen molar-refractivity contribution in [3.05, 3.63) is 59.7 Å². The van der Waals surface area contributed by atoms with Gasteiger partial charge in [0.1, 0.15) is 5.75 Å². The molecule has 0 aliphatic heterocycles. The highest BCUT2D eigenvalue weighted by molar-refractivity contribution is 5.96. The second-order valence-corrected chi connectivity index (χ2v) is 5.90. The van der Waals surface area contributed by atoms with Crippen LogP contribution in [-0.4, -0.2) is 30.4 Å². The van der Waals surface area contributed by atoms with Gasteiger partial charge in [0.2, 0.25) is 0 Å². The molecular formula is C21H20N2O5. The molecule has 2 rings (SSSR count). The molecule has 28 heavy (non-hydrogen) atoms. The predicted molar refractivity (Wildman–Crippen MR) is 102 cm³/mol. The van der Waals surface area contributed by atoms with Crippen LogP contribution in [-0.2, 0) is 14.3 Å². The minimum absolute atomic E-state index is 0.0195. The molecule has 0 aromatic heterocycles. The number of rotatable bonds is 8. The predicted octanol–water partition coefficient (Wildman–Crippen LogP) is 3.10. The van der Waals surface area contributed by atoms with Gasteiger partial charge in [0.05, 0.1) is 11.6 Å². The molecule has 0 spiro atoms. The van der Waals surface area contributed by atoms with Gasteiger partial charge in [0.15, 0.2) is 18.5 Å². The van der Waals surface area contributed by atoms with E-state index in [0.717, 1.165) is 0 Å². The largest absolute Gasteiger partial charge is 0.482 e. The van der Waals surface area contributed by atoms with Crippen molar-refractivity contribution >= 4 is 23.3 Å². The fourth-order valence-electron chi connectivity index (χ4n) is 2.28. The Balaban J connectivity index is 1.82. The molecule has 7 heteroatoms. The van der Waals surface area contributed by atoms with Gasteiger partial charge in [-0.15, -0.1) is 0 Å². The van der Waals surface area contributed by atoms with E-state index < -0.39 is 18.0 Å². The van der Waals surface area contributed by atoms with Crippen LogP contribution in [0.2, 0.25) is 0 Å². The summed E-state index contributed by atoms with van der Waals surface area (Å²) < 4.78 is 10.4. The summed E-state index contributed by atoms with van der Waals surface area (Å²) in [4.78, 5) is 35.6. The Kier molecular flexibility index (Phi) is 7.28. The van der Waals surface area contributed by atoms with Gasteiger partial charge in [-0.1, -0.05) is 13.0 Å². The van der Waals surface area contributed by atoms with Gasteiger partial charge in [-0.3, -0.25) is 9.59 Å². The number of anilines is 1. The number of ether oxygens (including phenoxy) is 2. The molecular weight excluding hydrogens is 360 g/mol. The molecule has 0 fully saturated rings. The lowest BCUT2D eigenvalue weighted by Crippen LogP contribution is -2.31. The number of ketones is 1. The quantitative estimate of drug-likeness (QED) is 0.557. The first-order chi connectivity index (χ1) is 13.4. The average Bonchev–Trinajstić information content (AvgIpc) is 2.72.